The molecule has 4 heteroatoms. The molecule has 0 aliphatic carbocycles. The molecular formula is C13H9ClFNO. The maximum atomic E-state index is 13.1. The first-order valence-corrected chi connectivity index (χ1v) is 5.38. The van der Waals surface area contributed by atoms with Crippen LogP contribution in [0, 0.1) is 12.7 Å². The highest BCUT2D eigenvalue weighted by atomic mass is 35.5. The number of ketones is 1. The van der Waals surface area contributed by atoms with Crippen molar-refractivity contribution in [2.24, 2.45) is 0 Å². The predicted molar refractivity (Wildman–Crippen MR) is 63.8 cm³/mol. The normalized spacial score (nSPS) is 10.3. The Kier molecular flexibility index (Phi) is 3.20. The monoisotopic (exact) mass is 249 g/mol. The first kappa shape index (κ1) is 11.7. The molecule has 0 radical (unpaired) electrons. The van der Waals surface area contributed by atoms with Crippen molar-refractivity contribution in [1.29, 1.82) is 0 Å². The number of hydrogen-bond acceptors (Lipinski definition) is 2. The minimum absolute atomic E-state index is 0.258. The van der Waals surface area contributed by atoms with Gasteiger partial charge in [-0.05, 0) is 36.8 Å². The summed E-state index contributed by atoms with van der Waals surface area (Å²) in [5.41, 5.74) is 1.46. The maximum Gasteiger partial charge on any atom is 0.194 e. The van der Waals surface area contributed by atoms with Crippen molar-refractivity contribution >= 4 is 17.4 Å². The van der Waals surface area contributed by atoms with Gasteiger partial charge < -0.3 is 0 Å². The Balaban J connectivity index is 2.43. The standard InChI is InChI=1S/C13H9ClFNO/c1-8-2-4-10(15)6-11(8)13(17)9-3-5-12(14)16-7-9/h2-7H,1H3. The smallest absolute Gasteiger partial charge is 0.194 e. The van der Waals surface area contributed by atoms with Crippen LogP contribution in [0.25, 0.3) is 0 Å². The van der Waals surface area contributed by atoms with Gasteiger partial charge in [0.2, 0.25) is 0 Å². The van der Waals surface area contributed by atoms with Gasteiger partial charge in [-0.3, -0.25) is 4.79 Å². The molecule has 0 atom stereocenters. The van der Waals surface area contributed by atoms with Gasteiger partial charge in [-0.25, -0.2) is 9.37 Å². The molecule has 0 spiro atoms. The number of carbonyl (C=O) groups is 1. The summed E-state index contributed by atoms with van der Waals surface area (Å²) in [6.07, 6.45) is 1.38. The number of halogens is 2. The van der Waals surface area contributed by atoms with Crippen LogP contribution in [0.3, 0.4) is 0 Å². The summed E-state index contributed by atoms with van der Waals surface area (Å²) in [6.45, 7) is 1.76. The fourth-order valence-electron chi connectivity index (χ4n) is 1.50. The molecule has 0 aliphatic heterocycles. The molecule has 0 amide bonds. The molecule has 2 aromatic rings. The Bertz CT molecular complexity index is 566. The van der Waals surface area contributed by atoms with E-state index in [2.05, 4.69) is 4.98 Å². The average molecular weight is 250 g/mol. The lowest BCUT2D eigenvalue weighted by atomic mass is 10.0. The molecule has 0 aliphatic rings. The highest BCUT2D eigenvalue weighted by Gasteiger charge is 2.12. The molecule has 1 aromatic carbocycles. The van der Waals surface area contributed by atoms with Crippen molar-refractivity contribution in [2.45, 2.75) is 6.92 Å². The first-order valence-electron chi connectivity index (χ1n) is 5.00. The lowest BCUT2D eigenvalue weighted by Crippen LogP contribution is -2.04. The van der Waals surface area contributed by atoms with E-state index < -0.39 is 5.82 Å². The van der Waals surface area contributed by atoms with E-state index in [0.717, 1.165) is 5.56 Å². The minimum Gasteiger partial charge on any atom is -0.289 e. The maximum absolute atomic E-state index is 13.1. The topological polar surface area (TPSA) is 30.0 Å². The van der Waals surface area contributed by atoms with Crippen molar-refractivity contribution in [2.75, 3.05) is 0 Å². The first-order chi connectivity index (χ1) is 8.08. The Labute approximate surface area is 103 Å². The quantitative estimate of drug-likeness (QED) is 0.603. The Morgan fingerprint density at radius 2 is 2.06 bits per heavy atom. The average Bonchev–Trinajstić information content (AvgIpc) is 2.32. The lowest BCUT2D eigenvalue weighted by molar-refractivity contribution is 0.103. The second-order valence-electron chi connectivity index (χ2n) is 3.66. The largest absolute Gasteiger partial charge is 0.289 e. The van der Waals surface area contributed by atoms with E-state index in [-0.39, 0.29) is 5.78 Å². The van der Waals surface area contributed by atoms with Gasteiger partial charge in [0, 0.05) is 17.3 Å². The zero-order valence-electron chi connectivity index (χ0n) is 9.08. The van der Waals surface area contributed by atoms with Crippen LogP contribution < -0.4 is 0 Å². The van der Waals surface area contributed by atoms with Gasteiger partial charge in [-0.15, -0.1) is 0 Å². The number of rotatable bonds is 2. The van der Waals surface area contributed by atoms with E-state index in [1.54, 1.807) is 19.1 Å². The molecule has 2 nitrogen and oxygen atoms in total. The number of nitrogens with zero attached hydrogens (tertiary/aromatic N) is 1. The molecule has 2 rings (SSSR count). The fraction of sp³-hybridized carbons (Fsp3) is 0.0769. The number of aromatic nitrogens is 1. The van der Waals surface area contributed by atoms with Crippen LogP contribution in [0.5, 0.6) is 0 Å². The third kappa shape index (κ3) is 2.50. The number of aryl methyl sites for hydroxylation is 1. The molecule has 1 aromatic heterocycles. The molecule has 0 saturated carbocycles. The molecule has 1 heterocycles. The molecular weight excluding hydrogens is 241 g/mol. The zero-order chi connectivity index (χ0) is 12.4. The molecule has 0 saturated heterocycles. The molecule has 17 heavy (non-hydrogen) atoms. The van der Waals surface area contributed by atoms with Gasteiger partial charge in [0.1, 0.15) is 11.0 Å². The van der Waals surface area contributed by atoms with Crippen molar-refractivity contribution in [3.05, 3.63) is 64.2 Å². The van der Waals surface area contributed by atoms with Crippen LogP contribution in [0.1, 0.15) is 21.5 Å². The van der Waals surface area contributed by atoms with Gasteiger partial charge in [0.15, 0.2) is 5.78 Å². The van der Waals surface area contributed by atoms with E-state index in [4.69, 9.17) is 11.6 Å². The summed E-state index contributed by atoms with van der Waals surface area (Å²) in [5, 5.41) is 0.317. The van der Waals surface area contributed by atoms with Gasteiger partial charge in [0.05, 0.1) is 0 Å². The van der Waals surface area contributed by atoms with Gasteiger partial charge in [0.25, 0.3) is 0 Å². The van der Waals surface area contributed by atoms with Crippen LogP contribution in [-0.2, 0) is 0 Å². The number of benzene rings is 1. The highest BCUT2D eigenvalue weighted by Crippen LogP contribution is 2.16. The Hall–Kier alpha value is -1.74. The lowest BCUT2D eigenvalue weighted by Gasteiger charge is -2.04. The molecule has 0 fully saturated rings. The zero-order valence-corrected chi connectivity index (χ0v) is 9.83. The van der Waals surface area contributed by atoms with Crippen molar-refractivity contribution < 1.29 is 9.18 Å². The van der Waals surface area contributed by atoms with E-state index in [1.807, 2.05) is 0 Å². The molecule has 0 unspecified atom stereocenters. The third-order valence-corrected chi connectivity index (χ3v) is 2.66. The molecule has 0 bridgehead atoms. The van der Waals surface area contributed by atoms with Crippen LogP contribution >= 0.6 is 11.6 Å². The summed E-state index contributed by atoms with van der Waals surface area (Å²) < 4.78 is 13.1. The van der Waals surface area contributed by atoms with E-state index in [1.165, 1.54) is 24.4 Å². The van der Waals surface area contributed by atoms with E-state index in [9.17, 15) is 9.18 Å². The van der Waals surface area contributed by atoms with Crippen LogP contribution in [0.15, 0.2) is 36.5 Å². The summed E-state index contributed by atoms with van der Waals surface area (Å²) in [5.74, 6) is -0.688. The second-order valence-corrected chi connectivity index (χ2v) is 4.05. The molecule has 0 N–H and O–H groups in total. The Morgan fingerprint density at radius 3 is 2.71 bits per heavy atom. The second kappa shape index (κ2) is 4.63. The van der Waals surface area contributed by atoms with E-state index in [0.29, 0.717) is 16.3 Å². The van der Waals surface area contributed by atoms with Crippen LogP contribution in [0.2, 0.25) is 5.15 Å². The molecule has 86 valence electrons. The van der Waals surface area contributed by atoms with Gasteiger partial charge in [-0.2, -0.15) is 0 Å². The predicted octanol–water partition coefficient (Wildman–Crippen LogP) is 3.41. The third-order valence-electron chi connectivity index (χ3n) is 2.43. The highest BCUT2D eigenvalue weighted by molar-refractivity contribution is 6.29. The SMILES string of the molecule is Cc1ccc(F)cc1C(=O)c1ccc(Cl)nc1. The van der Waals surface area contributed by atoms with Gasteiger partial charge in [-0.1, -0.05) is 17.7 Å². The van der Waals surface area contributed by atoms with Crippen molar-refractivity contribution in [3.8, 4) is 0 Å². The summed E-state index contributed by atoms with van der Waals surface area (Å²) in [6, 6.07) is 7.23. The van der Waals surface area contributed by atoms with Gasteiger partial charge >= 0.3 is 0 Å². The fourth-order valence-corrected chi connectivity index (χ4v) is 1.62. The summed E-state index contributed by atoms with van der Waals surface area (Å²) in [4.78, 5) is 15.9. The number of hydrogen-bond donors (Lipinski definition) is 0. The van der Waals surface area contributed by atoms with Crippen molar-refractivity contribution in [1.82, 2.24) is 4.98 Å². The Morgan fingerprint density at radius 1 is 1.29 bits per heavy atom. The van der Waals surface area contributed by atoms with Crippen LogP contribution in [-0.4, -0.2) is 10.8 Å². The summed E-state index contributed by atoms with van der Waals surface area (Å²) in [7, 11) is 0. The van der Waals surface area contributed by atoms with E-state index >= 15 is 0 Å². The number of carbonyl (C=O) groups excluding carboxylic acids is 1. The minimum atomic E-state index is -0.430. The van der Waals surface area contributed by atoms with Crippen LogP contribution in [0.4, 0.5) is 4.39 Å². The van der Waals surface area contributed by atoms with Crippen molar-refractivity contribution in [3.63, 3.8) is 0 Å². The summed E-state index contributed by atoms with van der Waals surface area (Å²) >= 11 is 5.64. The number of pyridine rings is 1.